The van der Waals surface area contributed by atoms with Crippen molar-refractivity contribution in [3.05, 3.63) is 196 Å². The van der Waals surface area contributed by atoms with E-state index in [1.807, 2.05) is 97.3 Å². The van der Waals surface area contributed by atoms with Gasteiger partial charge >= 0.3 is 0 Å². The van der Waals surface area contributed by atoms with Crippen molar-refractivity contribution in [3.63, 3.8) is 0 Å². The van der Waals surface area contributed by atoms with Gasteiger partial charge in [0, 0.05) is 45.9 Å². The Morgan fingerprint density at radius 3 is 1.37 bits per heavy atom. The first-order valence-electron chi connectivity index (χ1n) is 22.0. The molecule has 71 heavy (non-hydrogen) atoms. The third kappa shape index (κ3) is 33.2. The second-order valence-corrected chi connectivity index (χ2v) is 17.4. The molecule has 0 spiro atoms. The third-order valence-corrected chi connectivity index (χ3v) is 10.2. The zero-order valence-corrected chi connectivity index (χ0v) is 41.9. The van der Waals surface area contributed by atoms with E-state index in [9.17, 15) is 0 Å². The van der Waals surface area contributed by atoms with Gasteiger partial charge in [-0.15, -0.1) is 0 Å². The number of benzene rings is 3. The number of rotatable bonds is 10. The molecule has 0 atom stereocenters. The van der Waals surface area contributed by atoms with Gasteiger partial charge in [-0.1, -0.05) is 206 Å². The SMILES string of the molecule is C.C.C.C.C.C.CC(C)c1ccc[n+](O)c1.CC(C)c1cccnc1.COOSc1cccc(C(C)C)c1.COc1ccc(C(C)C)cn1.[C-]#[N+]c1ccc(C(C)C)cc1.[C-]#[N+]c1cccc(C(C)C)c1. The molecule has 394 valence electrons. The zero-order valence-electron chi connectivity index (χ0n) is 41.1. The molecule has 1 N–H and O–H groups in total. The average molecular weight is 996 g/mol. The lowest BCUT2D eigenvalue weighted by molar-refractivity contribution is -0.905. The number of methoxy groups -OCH3 is 1. The lowest BCUT2D eigenvalue weighted by atomic mass is 10.0. The summed E-state index contributed by atoms with van der Waals surface area (Å²) in [6.45, 7) is 39.2. The van der Waals surface area contributed by atoms with Gasteiger partial charge in [0.25, 0.3) is 0 Å². The minimum absolute atomic E-state index is 0. The smallest absolute Gasteiger partial charge is 0.225 e. The minimum Gasteiger partial charge on any atom is -0.481 e. The molecule has 3 aromatic heterocycles. The Hall–Kier alpha value is -6.04. The molecule has 0 bridgehead atoms. The molecule has 0 amide bonds. The number of hydrogen-bond acceptors (Lipinski definition) is 7. The summed E-state index contributed by atoms with van der Waals surface area (Å²) >= 11 is 1.23. The topological polar surface area (TPSA) is 86.3 Å². The fourth-order valence-electron chi connectivity index (χ4n) is 5.28. The molecule has 0 aliphatic rings. The Balaban J connectivity index is -0.000000176. The minimum atomic E-state index is 0. The first kappa shape index (κ1) is 76.4. The Bertz CT molecular complexity index is 2250. The van der Waals surface area contributed by atoms with Crippen molar-refractivity contribution in [1.82, 2.24) is 9.97 Å². The molecule has 9 nitrogen and oxygen atoms in total. The van der Waals surface area contributed by atoms with E-state index < -0.39 is 0 Å². The van der Waals surface area contributed by atoms with Gasteiger partial charge in [-0.25, -0.2) is 19.6 Å². The van der Waals surface area contributed by atoms with Gasteiger partial charge in [0.2, 0.25) is 18.3 Å². The van der Waals surface area contributed by atoms with Crippen LogP contribution in [0.15, 0.2) is 145 Å². The molecule has 3 aromatic carbocycles. The highest BCUT2D eigenvalue weighted by atomic mass is 32.2. The maximum atomic E-state index is 8.98. The van der Waals surface area contributed by atoms with E-state index >= 15 is 0 Å². The number of hydrogen-bond donors (Lipinski definition) is 1. The molecule has 10 heteroatoms. The number of pyridine rings is 3. The summed E-state index contributed by atoms with van der Waals surface area (Å²) in [4.78, 5) is 20.4. The van der Waals surface area contributed by atoms with E-state index in [4.69, 9.17) is 27.4 Å². The molecule has 3 heterocycles. The number of nitrogens with zero attached hydrogens (tertiary/aromatic N) is 5. The first-order chi connectivity index (χ1) is 30.9. The Morgan fingerprint density at radius 2 is 0.972 bits per heavy atom. The van der Waals surface area contributed by atoms with Crippen molar-refractivity contribution >= 4 is 23.4 Å². The van der Waals surface area contributed by atoms with E-state index in [0.717, 1.165) is 26.6 Å². The molecule has 6 rings (SSSR count). The van der Waals surface area contributed by atoms with Crippen molar-refractivity contribution in [3.8, 4) is 5.88 Å². The van der Waals surface area contributed by atoms with Crippen molar-refractivity contribution in [1.29, 1.82) is 0 Å². The van der Waals surface area contributed by atoms with Crippen molar-refractivity contribution < 1.29 is 23.9 Å². The van der Waals surface area contributed by atoms with Gasteiger partial charge in [0.15, 0.2) is 11.4 Å². The van der Waals surface area contributed by atoms with Gasteiger partial charge in [0.1, 0.15) is 0 Å². The first-order valence-corrected chi connectivity index (χ1v) is 22.7. The highest BCUT2D eigenvalue weighted by molar-refractivity contribution is 7.94. The Labute approximate surface area is 439 Å². The van der Waals surface area contributed by atoms with Crippen molar-refractivity contribution in [2.24, 2.45) is 0 Å². The summed E-state index contributed by atoms with van der Waals surface area (Å²) in [7, 11) is 3.12. The van der Waals surface area contributed by atoms with Crippen LogP contribution in [0.25, 0.3) is 9.69 Å². The molecule has 0 fully saturated rings. The van der Waals surface area contributed by atoms with Gasteiger partial charge in [-0.3, -0.25) is 10.2 Å². The average Bonchev–Trinajstić information content (AvgIpc) is 3.32. The van der Waals surface area contributed by atoms with Crippen LogP contribution in [-0.4, -0.2) is 29.4 Å². The highest BCUT2D eigenvalue weighted by Crippen LogP contribution is 2.24. The number of ether oxygens (including phenoxy) is 1. The zero-order chi connectivity index (χ0) is 48.7. The molecule has 0 saturated carbocycles. The van der Waals surface area contributed by atoms with Crippen molar-refractivity contribution in [2.45, 2.75) is 168 Å². The summed E-state index contributed by atoms with van der Waals surface area (Å²) in [5.41, 5.74) is 8.97. The third-order valence-electron chi connectivity index (χ3n) is 9.54. The van der Waals surface area contributed by atoms with E-state index in [-0.39, 0.29) is 44.6 Å². The molecule has 6 aromatic rings. The van der Waals surface area contributed by atoms with Crippen LogP contribution in [0.4, 0.5) is 11.4 Å². The van der Waals surface area contributed by atoms with Crippen LogP contribution in [0, 0.1) is 13.1 Å². The van der Waals surface area contributed by atoms with Crippen LogP contribution < -0.4 is 9.47 Å². The standard InChI is InChI=1S/2C10H11N.C10H14O2S.C9H13NO.C8H12NO.C8H11N.6CH4/c1-8(2)9-4-6-10(11-3)7-5-9;1-8(2)9-5-4-6-10(7-9)11-3;1-8(2)9-5-4-6-10(7-9)13-12-11-3;1-7(2)8-4-5-9(11-3)10-6-8;1-7(2)8-4-3-5-9(10)6-8;1-7(2)8-4-3-5-9-6-8;;;;;;/h2*4-8H,1-2H3;4-8H,1-3H3;4-7H,1-3H3;3-7,10H,1-2H3;3-7H,1-2H3;6*1H4/q;;;;+1;;;;;;;. The van der Waals surface area contributed by atoms with E-state index in [1.165, 1.54) is 47.0 Å². The second kappa shape index (κ2) is 43.9. The van der Waals surface area contributed by atoms with Crippen LogP contribution in [0.3, 0.4) is 0 Å². The molecular weight excluding hydrogens is 899 g/mol. The highest BCUT2D eigenvalue weighted by Gasteiger charge is 2.04. The summed E-state index contributed by atoms with van der Waals surface area (Å²) in [6, 6.07) is 35.6. The summed E-state index contributed by atoms with van der Waals surface area (Å²) in [6.07, 6.45) is 8.87. The van der Waals surface area contributed by atoms with Gasteiger partial charge < -0.3 is 4.74 Å². The van der Waals surface area contributed by atoms with E-state index in [2.05, 4.69) is 132 Å². The maximum Gasteiger partial charge on any atom is 0.225 e. The van der Waals surface area contributed by atoms with Crippen molar-refractivity contribution in [2.75, 3.05) is 14.2 Å². The Morgan fingerprint density at radius 1 is 0.507 bits per heavy atom. The summed E-state index contributed by atoms with van der Waals surface area (Å²) in [5.74, 6) is 3.88. The molecule has 0 radical (unpaired) electrons. The van der Waals surface area contributed by atoms with Gasteiger partial charge in [-0.2, -0.15) is 4.33 Å². The molecule has 0 aliphatic heterocycles. The molecule has 0 unspecified atom stereocenters. The fraction of sp³-hybridized carbons (Fsp3) is 0.426. The lowest BCUT2D eigenvalue weighted by Gasteiger charge is -2.06. The van der Waals surface area contributed by atoms with E-state index in [0.29, 0.717) is 41.4 Å². The largest absolute Gasteiger partial charge is 0.481 e. The molecule has 0 saturated heterocycles. The van der Waals surface area contributed by atoms with Gasteiger partial charge in [0.05, 0.1) is 39.4 Å². The summed E-state index contributed by atoms with van der Waals surface area (Å²) < 4.78 is 10.8. The van der Waals surface area contributed by atoms with E-state index in [1.54, 1.807) is 25.7 Å². The normalized spacial score (nSPS) is 9.27. The Kier molecular flexibility index (Phi) is 47.3. The van der Waals surface area contributed by atoms with Crippen LogP contribution in [-0.2, 0) is 9.22 Å². The second-order valence-electron chi connectivity index (χ2n) is 16.7. The predicted octanol–water partition coefficient (Wildman–Crippen LogP) is 19.7. The van der Waals surface area contributed by atoms with Gasteiger partial charge in [-0.05, 0) is 82.0 Å². The molecular formula is C61H96N5O4S+. The summed E-state index contributed by atoms with van der Waals surface area (Å²) in [5, 5.41) is 8.98. The van der Waals surface area contributed by atoms with Crippen LogP contribution in [0.2, 0.25) is 0 Å². The van der Waals surface area contributed by atoms with Crippen LogP contribution in [0.5, 0.6) is 5.88 Å². The van der Waals surface area contributed by atoms with Crippen LogP contribution in [0.1, 0.15) is 197 Å². The fourth-order valence-corrected chi connectivity index (χ4v) is 5.75. The maximum absolute atomic E-state index is 8.98. The monoisotopic (exact) mass is 995 g/mol. The lowest BCUT2D eigenvalue weighted by Crippen LogP contribution is -2.28. The quantitative estimate of drug-likeness (QED) is 0.0365. The number of aromatic nitrogens is 3. The van der Waals surface area contributed by atoms with Crippen LogP contribution >= 0.6 is 12.0 Å². The molecule has 0 aliphatic carbocycles. The predicted molar refractivity (Wildman–Crippen MR) is 310 cm³/mol.